The van der Waals surface area contributed by atoms with Crippen LogP contribution in [0.15, 0.2) is 36.5 Å². The summed E-state index contributed by atoms with van der Waals surface area (Å²) in [6.07, 6.45) is 20.0. The first kappa shape index (κ1) is 11.2. The molecule has 55 valence electrons. The van der Waals surface area contributed by atoms with Crippen LogP contribution in [0.4, 0.5) is 0 Å². The predicted octanol–water partition coefficient (Wildman–Crippen LogP) is 2.61. The van der Waals surface area contributed by atoms with Crippen LogP contribution in [0.3, 0.4) is 0 Å². The summed E-state index contributed by atoms with van der Waals surface area (Å²) in [7, 11) is 0. The minimum absolute atomic E-state index is 0. The van der Waals surface area contributed by atoms with E-state index in [2.05, 4.69) is 24.3 Å². The molecule has 0 atom stereocenters. The molecule has 0 nitrogen and oxygen atoms in total. The number of hydrogen-bond donors (Lipinski definition) is 0. The zero-order chi connectivity index (χ0) is 7.07. The zero-order valence-electron chi connectivity index (χ0n) is 6.46. The maximum Gasteiger partial charge on any atom is 0 e. The van der Waals surface area contributed by atoms with Crippen molar-refractivity contribution in [1.82, 2.24) is 0 Å². The fourth-order valence-corrected chi connectivity index (χ4v) is 0.680. The smallest absolute Gasteiger partial charge is 0 e. The van der Waals surface area contributed by atoms with Gasteiger partial charge in [-0.15, -0.1) is 12.8 Å². The van der Waals surface area contributed by atoms with E-state index in [1.807, 2.05) is 24.3 Å². The predicted molar refractivity (Wildman–Crippen MR) is 43.1 cm³/mol. The molecule has 0 aromatic heterocycles. The van der Waals surface area contributed by atoms with Crippen molar-refractivity contribution >= 4 is 0 Å². The molecule has 0 fully saturated rings. The van der Waals surface area contributed by atoms with Gasteiger partial charge in [0.05, 0.1) is 0 Å². The second kappa shape index (κ2) is 8.25. The SMILES string of the molecule is [C-]1=CC=CC1.[C-]1=CC=CC1.[La]. The van der Waals surface area contributed by atoms with Crippen molar-refractivity contribution in [3.63, 3.8) is 0 Å². The zero-order valence-corrected chi connectivity index (χ0v) is 10.1. The molecule has 0 heterocycles. The Morgan fingerprint density at radius 2 is 1.27 bits per heavy atom. The molecular formula is C10H10La-2. The standard InChI is InChI=1S/2C5H5.La/c2*1-2-4-5-3-1;/h2*1-3H,4H2;/q2*-1;. The van der Waals surface area contributed by atoms with Crippen molar-refractivity contribution < 1.29 is 35.6 Å². The molecule has 2 rings (SSSR count). The van der Waals surface area contributed by atoms with E-state index in [1.54, 1.807) is 0 Å². The van der Waals surface area contributed by atoms with Crippen molar-refractivity contribution in [3.05, 3.63) is 48.6 Å². The average Bonchev–Trinajstić information content (AvgIpc) is 2.67. The average molecular weight is 269 g/mol. The van der Waals surface area contributed by atoms with Crippen molar-refractivity contribution in [2.45, 2.75) is 12.8 Å². The summed E-state index contributed by atoms with van der Waals surface area (Å²) >= 11 is 0. The van der Waals surface area contributed by atoms with E-state index in [4.69, 9.17) is 0 Å². The first-order valence-corrected chi connectivity index (χ1v) is 3.43. The van der Waals surface area contributed by atoms with E-state index in [-0.39, 0.29) is 35.6 Å². The fraction of sp³-hybridized carbons (Fsp3) is 0.200. The Morgan fingerprint density at radius 3 is 1.36 bits per heavy atom. The van der Waals surface area contributed by atoms with E-state index in [0.29, 0.717) is 0 Å². The maximum atomic E-state index is 2.99. The van der Waals surface area contributed by atoms with Crippen LogP contribution in [0.25, 0.3) is 0 Å². The van der Waals surface area contributed by atoms with Gasteiger partial charge in [-0.1, -0.05) is 0 Å². The van der Waals surface area contributed by atoms with Crippen molar-refractivity contribution in [2.24, 2.45) is 0 Å². The quantitative estimate of drug-likeness (QED) is 0.593. The van der Waals surface area contributed by atoms with Crippen LogP contribution in [0.1, 0.15) is 12.8 Å². The number of rotatable bonds is 0. The molecule has 2 aliphatic rings. The summed E-state index contributed by atoms with van der Waals surface area (Å²) in [5.74, 6) is 0. The van der Waals surface area contributed by atoms with Gasteiger partial charge in [0.2, 0.25) is 0 Å². The summed E-state index contributed by atoms with van der Waals surface area (Å²) in [5.41, 5.74) is 0. The van der Waals surface area contributed by atoms with Crippen LogP contribution < -0.4 is 0 Å². The molecule has 0 aliphatic heterocycles. The third-order valence-corrected chi connectivity index (χ3v) is 1.17. The van der Waals surface area contributed by atoms with Crippen molar-refractivity contribution in [3.8, 4) is 0 Å². The van der Waals surface area contributed by atoms with Gasteiger partial charge in [0.1, 0.15) is 0 Å². The molecule has 0 aromatic carbocycles. The minimum Gasteiger partial charge on any atom is -0.273 e. The second-order valence-electron chi connectivity index (χ2n) is 2.01. The Morgan fingerprint density at radius 1 is 0.818 bits per heavy atom. The molecule has 1 heteroatoms. The van der Waals surface area contributed by atoms with Crippen LogP contribution in [0.2, 0.25) is 0 Å². The van der Waals surface area contributed by atoms with Gasteiger partial charge in [-0.25, -0.2) is 24.3 Å². The van der Waals surface area contributed by atoms with Gasteiger partial charge in [-0.05, 0) is 0 Å². The van der Waals surface area contributed by atoms with Gasteiger partial charge in [0.15, 0.2) is 0 Å². The molecule has 0 spiro atoms. The summed E-state index contributed by atoms with van der Waals surface area (Å²) in [6.45, 7) is 0. The summed E-state index contributed by atoms with van der Waals surface area (Å²) in [4.78, 5) is 0. The topological polar surface area (TPSA) is 0 Å². The molecule has 0 saturated carbocycles. The van der Waals surface area contributed by atoms with Crippen LogP contribution in [0.5, 0.6) is 0 Å². The largest absolute Gasteiger partial charge is 0.273 e. The number of hydrogen-bond acceptors (Lipinski definition) is 0. The van der Waals surface area contributed by atoms with Gasteiger partial charge in [-0.2, -0.15) is 12.2 Å². The molecule has 0 aromatic rings. The molecule has 2 aliphatic carbocycles. The van der Waals surface area contributed by atoms with Gasteiger partial charge >= 0.3 is 0 Å². The fourth-order valence-electron chi connectivity index (χ4n) is 0.680. The molecule has 0 saturated heterocycles. The van der Waals surface area contributed by atoms with Crippen LogP contribution in [-0.2, 0) is 0 Å². The van der Waals surface area contributed by atoms with Crippen LogP contribution in [-0.4, -0.2) is 0 Å². The first-order chi connectivity index (χ1) is 5.00. The Hall–Kier alpha value is 0.155. The van der Waals surface area contributed by atoms with Crippen LogP contribution >= 0.6 is 0 Å². The summed E-state index contributed by atoms with van der Waals surface area (Å²) < 4.78 is 0. The van der Waals surface area contributed by atoms with Gasteiger partial charge in [0.25, 0.3) is 0 Å². The molecule has 0 amide bonds. The summed E-state index contributed by atoms with van der Waals surface area (Å²) in [5, 5.41) is 0. The van der Waals surface area contributed by atoms with Gasteiger partial charge in [-0.3, -0.25) is 12.2 Å². The molecule has 0 bridgehead atoms. The monoisotopic (exact) mass is 269 g/mol. The molecule has 0 N–H and O–H groups in total. The Kier molecular flexibility index (Phi) is 8.37. The Balaban J connectivity index is 0.000000167. The maximum absolute atomic E-state index is 2.99. The Bertz CT molecular complexity index is 143. The summed E-state index contributed by atoms with van der Waals surface area (Å²) in [6, 6.07) is 0. The van der Waals surface area contributed by atoms with E-state index in [0.717, 1.165) is 12.8 Å². The normalized spacial score (nSPS) is 16.0. The molecular weight excluding hydrogens is 259 g/mol. The van der Waals surface area contributed by atoms with Gasteiger partial charge in [0, 0.05) is 35.6 Å². The van der Waals surface area contributed by atoms with Crippen molar-refractivity contribution in [2.75, 3.05) is 0 Å². The van der Waals surface area contributed by atoms with Gasteiger partial charge < -0.3 is 0 Å². The van der Waals surface area contributed by atoms with E-state index in [9.17, 15) is 0 Å². The minimum atomic E-state index is 0. The molecule has 11 heavy (non-hydrogen) atoms. The van der Waals surface area contributed by atoms with E-state index in [1.165, 1.54) is 0 Å². The first-order valence-electron chi connectivity index (χ1n) is 3.43. The van der Waals surface area contributed by atoms with Crippen LogP contribution in [0, 0.1) is 47.8 Å². The second-order valence-corrected chi connectivity index (χ2v) is 2.01. The van der Waals surface area contributed by atoms with E-state index >= 15 is 0 Å². The third kappa shape index (κ3) is 6.55. The Labute approximate surface area is 96.4 Å². The molecule has 0 unspecified atom stereocenters. The van der Waals surface area contributed by atoms with Crippen molar-refractivity contribution in [1.29, 1.82) is 0 Å². The van der Waals surface area contributed by atoms with E-state index < -0.39 is 0 Å². The number of allylic oxidation sites excluding steroid dienone is 8. The molecule has 1 radical (unpaired) electrons. The third-order valence-electron chi connectivity index (χ3n) is 1.17.